The highest BCUT2D eigenvalue weighted by atomic mass is 19.1. The van der Waals surface area contributed by atoms with Gasteiger partial charge in [-0.25, -0.2) is 0 Å². The van der Waals surface area contributed by atoms with Gasteiger partial charge in [-0.2, -0.15) is 0 Å². The Bertz CT molecular complexity index is 360. The molecule has 1 rings (SSSR count). The van der Waals surface area contributed by atoms with Crippen LogP contribution in [0.15, 0.2) is 19.2 Å². The minimum absolute atomic E-state index is 0.500. The molecule has 1 aromatic rings. The van der Waals surface area contributed by atoms with Crippen LogP contribution in [0.2, 0.25) is 0 Å². The maximum atomic E-state index is 9.50. The second kappa shape index (κ2) is 16.4. The van der Waals surface area contributed by atoms with Gasteiger partial charge in [-0.3, -0.25) is 4.39 Å². The van der Waals surface area contributed by atoms with Crippen LogP contribution in [0.25, 0.3) is 18.2 Å². The lowest BCUT2D eigenvalue weighted by Gasteiger charge is -1.92. The summed E-state index contributed by atoms with van der Waals surface area (Å²) in [7, 11) is 0.500. The molecule has 0 radical (unpaired) electrons. The van der Waals surface area contributed by atoms with Crippen LogP contribution in [0.5, 0.6) is 0 Å². The predicted octanol–water partition coefficient (Wildman–Crippen LogP) is 6.28. The van der Waals surface area contributed by atoms with E-state index in [1.165, 1.54) is 5.56 Å². The highest BCUT2D eigenvalue weighted by Gasteiger charge is 2.06. The third-order valence-corrected chi connectivity index (χ3v) is 2.11. The van der Waals surface area contributed by atoms with Crippen molar-refractivity contribution in [2.24, 2.45) is 0 Å². The van der Waals surface area contributed by atoms with Crippen molar-refractivity contribution in [3.05, 3.63) is 41.7 Å². The van der Waals surface area contributed by atoms with Crippen molar-refractivity contribution in [2.75, 3.05) is 7.18 Å². The molecule has 0 aromatic carbocycles. The molecule has 0 aliphatic heterocycles. The number of hydrogen-bond acceptors (Lipinski definition) is 0. The first-order chi connectivity index (χ1) is 9.24. The number of hydrogen-bond donors (Lipinski definition) is 1. The third-order valence-electron chi connectivity index (χ3n) is 2.11. The minimum atomic E-state index is 0.500. The summed E-state index contributed by atoms with van der Waals surface area (Å²) >= 11 is 0. The second-order valence-corrected chi connectivity index (χ2v) is 2.90. The molecular formula is C17H30FN. The molecule has 19 heavy (non-hydrogen) atoms. The van der Waals surface area contributed by atoms with Gasteiger partial charge in [0.15, 0.2) is 0 Å². The average molecular weight is 267 g/mol. The van der Waals surface area contributed by atoms with Gasteiger partial charge in [0, 0.05) is 17.0 Å². The lowest BCUT2D eigenvalue weighted by atomic mass is 10.1. The van der Waals surface area contributed by atoms with Crippen LogP contribution in [-0.2, 0) is 0 Å². The molecule has 0 aliphatic rings. The number of halogens is 1. The summed E-state index contributed by atoms with van der Waals surface area (Å²) in [6.45, 7) is 19.6. The van der Waals surface area contributed by atoms with Crippen molar-refractivity contribution in [3.63, 3.8) is 0 Å². The first-order valence-electron chi connectivity index (χ1n) is 6.72. The van der Waals surface area contributed by atoms with E-state index in [4.69, 9.17) is 0 Å². The fourth-order valence-electron chi connectivity index (χ4n) is 1.41. The molecule has 0 saturated heterocycles. The molecule has 0 aliphatic carbocycles. The Morgan fingerprint density at radius 2 is 1.42 bits per heavy atom. The SMILES string of the molecule is C=Cc1[nH]c(/C=C\C)c(C)c1C=C.CC.CC.CF. The summed E-state index contributed by atoms with van der Waals surface area (Å²) in [6.07, 6.45) is 7.74. The van der Waals surface area contributed by atoms with Crippen molar-refractivity contribution in [1.82, 2.24) is 4.98 Å². The van der Waals surface area contributed by atoms with Gasteiger partial charge < -0.3 is 4.98 Å². The summed E-state index contributed by atoms with van der Waals surface area (Å²) in [5.41, 5.74) is 4.54. The predicted molar refractivity (Wildman–Crippen MR) is 90.1 cm³/mol. The van der Waals surface area contributed by atoms with Crippen LogP contribution in [-0.4, -0.2) is 12.2 Å². The highest BCUT2D eigenvalue weighted by molar-refractivity contribution is 5.69. The van der Waals surface area contributed by atoms with E-state index in [0.29, 0.717) is 7.18 Å². The molecule has 1 nitrogen and oxygen atoms in total. The zero-order chi connectivity index (χ0) is 15.8. The average Bonchev–Trinajstić information content (AvgIpc) is 2.81. The molecule has 1 aromatic heterocycles. The zero-order valence-electron chi connectivity index (χ0n) is 13.6. The third kappa shape index (κ3) is 7.45. The van der Waals surface area contributed by atoms with Gasteiger partial charge in [0.1, 0.15) is 0 Å². The molecule has 1 N–H and O–H groups in total. The first-order valence-corrected chi connectivity index (χ1v) is 6.72. The largest absolute Gasteiger partial charge is 0.355 e. The summed E-state index contributed by atoms with van der Waals surface area (Å²) in [6, 6.07) is 0. The molecule has 0 atom stereocenters. The molecule has 1 heterocycles. The standard InChI is InChI=1S/C12H15N.2C2H6.CH3F/c1-5-8-12-9(4)10(6-2)11(7-3)13-12;3*1-2/h5-8,13H,2-3H2,1,4H3;2*1-2H3;1H3/b8-5-;;;. The molecule has 2 heteroatoms. The first kappa shape index (κ1) is 22.6. The van der Waals surface area contributed by atoms with Crippen molar-refractivity contribution in [3.8, 4) is 0 Å². The monoisotopic (exact) mass is 267 g/mol. The number of nitrogens with one attached hydrogen (secondary N) is 1. The quantitative estimate of drug-likeness (QED) is 0.663. The van der Waals surface area contributed by atoms with Gasteiger partial charge in [-0.15, -0.1) is 0 Å². The van der Waals surface area contributed by atoms with Crippen LogP contribution in [0.4, 0.5) is 4.39 Å². The lowest BCUT2D eigenvalue weighted by molar-refractivity contribution is 0.636. The highest BCUT2D eigenvalue weighted by Crippen LogP contribution is 2.21. The van der Waals surface area contributed by atoms with E-state index in [-0.39, 0.29) is 0 Å². The normalized spacial score (nSPS) is 8.21. The zero-order valence-corrected chi connectivity index (χ0v) is 13.6. The van der Waals surface area contributed by atoms with Crippen LogP contribution in [0.1, 0.15) is 57.1 Å². The van der Waals surface area contributed by atoms with E-state index in [0.717, 1.165) is 17.0 Å². The molecule has 0 amide bonds. The molecule has 0 saturated carbocycles. The van der Waals surface area contributed by atoms with E-state index in [1.54, 1.807) is 0 Å². The lowest BCUT2D eigenvalue weighted by Crippen LogP contribution is -1.75. The minimum Gasteiger partial charge on any atom is -0.355 e. The Hall–Kier alpha value is -1.57. The van der Waals surface area contributed by atoms with Crippen LogP contribution in [0.3, 0.4) is 0 Å². The van der Waals surface area contributed by atoms with Crippen molar-refractivity contribution in [1.29, 1.82) is 0 Å². The van der Waals surface area contributed by atoms with Crippen LogP contribution >= 0.6 is 0 Å². The topological polar surface area (TPSA) is 15.8 Å². The van der Waals surface area contributed by atoms with Gasteiger partial charge >= 0.3 is 0 Å². The number of aromatic amines is 1. The van der Waals surface area contributed by atoms with Gasteiger partial charge in [-0.05, 0) is 31.6 Å². The maximum absolute atomic E-state index is 9.50. The van der Waals surface area contributed by atoms with E-state index in [9.17, 15) is 4.39 Å². The molecular weight excluding hydrogens is 237 g/mol. The fraction of sp³-hybridized carbons (Fsp3) is 0.412. The molecule has 0 fully saturated rings. The summed E-state index contributed by atoms with van der Waals surface area (Å²) in [4.78, 5) is 3.28. The van der Waals surface area contributed by atoms with Gasteiger partial charge in [-0.1, -0.05) is 53.0 Å². The Balaban J connectivity index is -0.000000375. The van der Waals surface area contributed by atoms with E-state index in [1.807, 2.05) is 52.8 Å². The number of aromatic nitrogens is 1. The van der Waals surface area contributed by atoms with Gasteiger partial charge in [0.2, 0.25) is 0 Å². The number of rotatable bonds is 3. The Kier molecular flexibility index (Phi) is 19.5. The Morgan fingerprint density at radius 3 is 1.68 bits per heavy atom. The number of H-pyrrole nitrogens is 1. The summed E-state index contributed by atoms with van der Waals surface area (Å²) in [5.74, 6) is 0. The molecule has 0 unspecified atom stereocenters. The second-order valence-electron chi connectivity index (χ2n) is 2.90. The Labute approximate surface area is 118 Å². The van der Waals surface area contributed by atoms with E-state index < -0.39 is 0 Å². The smallest absolute Gasteiger partial charge is 0.0785 e. The summed E-state index contributed by atoms with van der Waals surface area (Å²) < 4.78 is 9.50. The van der Waals surface area contributed by atoms with Gasteiger partial charge in [0.25, 0.3) is 0 Å². The fourth-order valence-corrected chi connectivity index (χ4v) is 1.41. The van der Waals surface area contributed by atoms with Crippen LogP contribution in [0, 0.1) is 6.92 Å². The molecule has 0 spiro atoms. The van der Waals surface area contributed by atoms with Crippen molar-refractivity contribution in [2.45, 2.75) is 41.5 Å². The molecule has 0 bridgehead atoms. The van der Waals surface area contributed by atoms with Crippen LogP contribution < -0.4 is 0 Å². The van der Waals surface area contributed by atoms with Crippen molar-refractivity contribution < 1.29 is 4.39 Å². The number of alkyl halides is 1. The van der Waals surface area contributed by atoms with E-state index >= 15 is 0 Å². The molecule has 110 valence electrons. The Morgan fingerprint density at radius 1 is 0.947 bits per heavy atom. The van der Waals surface area contributed by atoms with Gasteiger partial charge in [0.05, 0.1) is 7.18 Å². The van der Waals surface area contributed by atoms with E-state index in [2.05, 4.69) is 31.1 Å². The summed E-state index contributed by atoms with van der Waals surface area (Å²) in [5, 5.41) is 0. The maximum Gasteiger partial charge on any atom is 0.0785 e. The number of allylic oxidation sites excluding steroid dienone is 1. The van der Waals surface area contributed by atoms with Crippen molar-refractivity contribution >= 4 is 18.2 Å².